The third-order valence-electron chi connectivity index (χ3n) is 1.92. The van der Waals surface area contributed by atoms with Gasteiger partial charge in [-0.2, -0.15) is 0 Å². The zero-order valence-corrected chi connectivity index (χ0v) is 9.62. The third kappa shape index (κ3) is 2.78. The lowest BCUT2D eigenvalue weighted by molar-refractivity contribution is -0.145. The molecule has 0 N–H and O–H groups in total. The van der Waals surface area contributed by atoms with E-state index in [1.807, 2.05) is 0 Å². The molecule has 0 aromatic heterocycles. The van der Waals surface area contributed by atoms with Crippen molar-refractivity contribution in [2.24, 2.45) is 0 Å². The topological polar surface area (TPSA) is 44.8 Å². The fourth-order valence-corrected chi connectivity index (χ4v) is 1.67. The Balaban J connectivity index is 1.92. The van der Waals surface area contributed by atoms with Crippen LogP contribution < -0.4 is 4.74 Å². The van der Waals surface area contributed by atoms with E-state index < -0.39 is 12.3 Å². The van der Waals surface area contributed by atoms with E-state index >= 15 is 0 Å². The minimum Gasteiger partial charge on any atom is -0.485 e. The summed E-state index contributed by atoms with van der Waals surface area (Å²) in [5.41, 5.74) is 0. The molecule has 1 fully saturated rings. The highest BCUT2D eigenvalue weighted by Gasteiger charge is 2.24. The van der Waals surface area contributed by atoms with E-state index in [4.69, 9.17) is 37.4 Å². The van der Waals surface area contributed by atoms with Crippen LogP contribution in [0.2, 0.25) is 10.0 Å². The first-order valence-corrected chi connectivity index (χ1v) is 5.29. The normalized spacial score (nSPS) is 19.6. The van der Waals surface area contributed by atoms with Crippen molar-refractivity contribution in [3.05, 3.63) is 28.2 Å². The molecule has 1 aromatic carbocycles. The first kappa shape index (κ1) is 11.5. The number of benzene rings is 1. The molecule has 0 unspecified atom stereocenters. The molecule has 0 spiro atoms. The Labute approximate surface area is 102 Å². The van der Waals surface area contributed by atoms with Gasteiger partial charge in [0.25, 0.3) is 0 Å². The number of cyclic esters (lactones) is 1. The monoisotopic (exact) mass is 262 g/mol. The quantitative estimate of drug-likeness (QED) is 0.785. The van der Waals surface area contributed by atoms with Gasteiger partial charge in [-0.1, -0.05) is 23.2 Å². The summed E-state index contributed by atoms with van der Waals surface area (Å²) in [5, 5.41) is 0.928. The molecule has 2 rings (SSSR count). The van der Waals surface area contributed by atoms with Gasteiger partial charge in [0.05, 0.1) is 5.02 Å². The van der Waals surface area contributed by atoms with Crippen LogP contribution in [0.15, 0.2) is 18.2 Å². The number of ether oxygens (including phenoxy) is 3. The molecular formula is C10H8Cl2O4. The molecule has 1 saturated heterocycles. The number of rotatable bonds is 3. The van der Waals surface area contributed by atoms with Crippen LogP contribution in [0.1, 0.15) is 0 Å². The lowest BCUT2D eigenvalue weighted by Gasteiger charge is -2.11. The van der Waals surface area contributed by atoms with Crippen LogP contribution in [0.25, 0.3) is 0 Å². The summed E-state index contributed by atoms with van der Waals surface area (Å²) in [7, 11) is 0. The molecule has 0 radical (unpaired) electrons. The SMILES string of the molecule is O=C1CO[C@@H](COc2ccc(Cl)cc2Cl)O1. The number of carbonyl (C=O) groups excluding carboxylic acids is 1. The molecule has 86 valence electrons. The molecule has 0 bridgehead atoms. The predicted molar refractivity (Wildman–Crippen MR) is 57.8 cm³/mol. The van der Waals surface area contributed by atoms with E-state index in [0.29, 0.717) is 15.8 Å². The Hall–Kier alpha value is -0.970. The zero-order chi connectivity index (χ0) is 11.5. The van der Waals surface area contributed by atoms with Gasteiger partial charge in [0.1, 0.15) is 12.4 Å². The second-order valence-electron chi connectivity index (χ2n) is 3.12. The van der Waals surface area contributed by atoms with Gasteiger partial charge in [-0.3, -0.25) is 0 Å². The summed E-state index contributed by atoms with van der Waals surface area (Å²) in [5.74, 6) is 0.0772. The zero-order valence-electron chi connectivity index (χ0n) is 8.11. The molecule has 0 aliphatic carbocycles. The number of esters is 1. The van der Waals surface area contributed by atoms with Crippen molar-refractivity contribution < 1.29 is 19.0 Å². The van der Waals surface area contributed by atoms with Crippen molar-refractivity contribution in [3.8, 4) is 5.75 Å². The standard InChI is InChI=1S/C10H8Cl2O4/c11-6-1-2-8(7(12)3-6)14-5-10-15-4-9(13)16-10/h1-3,10H,4-5H2/t10-/m1/s1. The highest BCUT2D eigenvalue weighted by molar-refractivity contribution is 6.35. The Morgan fingerprint density at radius 2 is 2.25 bits per heavy atom. The van der Waals surface area contributed by atoms with Crippen LogP contribution in [0.5, 0.6) is 5.75 Å². The molecule has 1 aliphatic rings. The van der Waals surface area contributed by atoms with Crippen molar-refractivity contribution in [1.82, 2.24) is 0 Å². The summed E-state index contributed by atoms with van der Waals surface area (Å²) in [6, 6.07) is 4.87. The van der Waals surface area contributed by atoms with E-state index in [0.717, 1.165) is 0 Å². The molecular weight excluding hydrogens is 255 g/mol. The van der Waals surface area contributed by atoms with Gasteiger partial charge in [-0.25, -0.2) is 4.79 Å². The van der Waals surface area contributed by atoms with Crippen molar-refractivity contribution in [2.45, 2.75) is 6.29 Å². The minimum absolute atomic E-state index is 0.0393. The summed E-state index contributed by atoms with van der Waals surface area (Å²) in [6.07, 6.45) is -0.667. The molecule has 1 aromatic rings. The summed E-state index contributed by atoms with van der Waals surface area (Å²) in [6.45, 7) is 0.0649. The highest BCUT2D eigenvalue weighted by Crippen LogP contribution is 2.27. The van der Waals surface area contributed by atoms with Gasteiger partial charge < -0.3 is 14.2 Å². The molecule has 1 atom stereocenters. The molecule has 4 nitrogen and oxygen atoms in total. The van der Waals surface area contributed by atoms with E-state index in [-0.39, 0.29) is 13.2 Å². The van der Waals surface area contributed by atoms with Gasteiger partial charge in [0.2, 0.25) is 6.29 Å². The number of halogens is 2. The van der Waals surface area contributed by atoms with Gasteiger partial charge in [-0.05, 0) is 18.2 Å². The molecule has 6 heteroatoms. The van der Waals surface area contributed by atoms with Gasteiger partial charge in [0, 0.05) is 5.02 Å². The third-order valence-corrected chi connectivity index (χ3v) is 2.45. The largest absolute Gasteiger partial charge is 0.485 e. The van der Waals surface area contributed by atoms with Gasteiger partial charge in [0.15, 0.2) is 6.61 Å². The van der Waals surface area contributed by atoms with Crippen LogP contribution in [-0.4, -0.2) is 25.5 Å². The van der Waals surface area contributed by atoms with Crippen LogP contribution in [0, 0.1) is 0 Å². The minimum atomic E-state index is -0.667. The molecule has 1 aliphatic heterocycles. The van der Waals surface area contributed by atoms with Crippen molar-refractivity contribution >= 4 is 29.2 Å². The lowest BCUT2D eigenvalue weighted by Crippen LogP contribution is -2.18. The summed E-state index contributed by atoms with van der Waals surface area (Å²) in [4.78, 5) is 10.7. The van der Waals surface area contributed by atoms with Crippen molar-refractivity contribution in [3.63, 3.8) is 0 Å². The Morgan fingerprint density at radius 3 is 2.88 bits per heavy atom. The van der Waals surface area contributed by atoms with E-state index in [1.165, 1.54) is 0 Å². The van der Waals surface area contributed by atoms with Gasteiger partial charge in [-0.15, -0.1) is 0 Å². The molecule has 16 heavy (non-hydrogen) atoms. The molecule has 1 heterocycles. The number of hydrogen-bond acceptors (Lipinski definition) is 4. The summed E-state index contributed by atoms with van der Waals surface area (Å²) < 4.78 is 15.1. The Bertz CT molecular complexity index is 408. The van der Waals surface area contributed by atoms with Crippen LogP contribution >= 0.6 is 23.2 Å². The van der Waals surface area contributed by atoms with E-state index in [9.17, 15) is 4.79 Å². The van der Waals surface area contributed by atoms with E-state index in [2.05, 4.69) is 0 Å². The Morgan fingerprint density at radius 1 is 1.44 bits per heavy atom. The Kier molecular flexibility index (Phi) is 3.53. The second-order valence-corrected chi connectivity index (χ2v) is 3.96. The highest BCUT2D eigenvalue weighted by atomic mass is 35.5. The van der Waals surface area contributed by atoms with Crippen molar-refractivity contribution in [1.29, 1.82) is 0 Å². The van der Waals surface area contributed by atoms with Crippen LogP contribution in [-0.2, 0) is 14.3 Å². The molecule has 0 amide bonds. The first-order chi connectivity index (χ1) is 7.65. The predicted octanol–water partition coefficient (Wildman–Crippen LogP) is 2.27. The maximum atomic E-state index is 10.7. The van der Waals surface area contributed by atoms with Crippen LogP contribution in [0.4, 0.5) is 0 Å². The smallest absolute Gasteiger partial charge is 0.334 e. The maximum Gasteiger partial charge on any atom is 0.334 e. The van der Waals surface area contributed by atoms with E-state index in [1.54, 1.807) is 18.2 Å². The van der Waals surface area contributed by atoms with Crippen LogP contribution in [0.3, 0.4) is 0 Å². The number of carbonyl (C=O) groups is 1. The maximum absolute atomic E-state index is 10.7. The lowest BCUT2D eigenvalue weighted by atomic mass is 10.3. The average Bonchev–Trinajstić information content (AvgIpc) is 2.63. The average molecular weight is 263 g/mol. The first-order valence-electron chi connectivity index (χ1n) is 4.54. The van der Waals surface area contributed by atoms with Gasteiger partial charge >= 0.3 is 5.97 Å². The number of hydrogen-bond donors (Lipinski definition) is 0. The summed E-state index contributed by atoms with van der Waals surface area (Å²) >= 11 is 11.6. The fourth-order valence-electron chi connectivity index (χ4n) is 1.21. The van der Waals surface area contributed by atoms with Crippen molar-refractivity contribution in [2.75, 3.05) is 13.2 Å². The second kappa shape index (κ2) is 4.91. The fraction of sp³-hybridized carbons (Fsp3) is 0.300. The molecule has 0 saturated carbocycles.